The fourth-order valence-electron chi connectivity index (χ4n) is 3.28. The number of aliphatic carboxylic acids is 1. The molecule has 0 saturated carbocycles. The minimum absolute atomic E-state index is 0.0672. The zero-order valence-electron chi connectivity index (χ0n) is 20.6. The van der Waals surface area contributed by atoms with Gasteiger partial charge in [0.15, 0.2) is 11.4 Å². The maximum atomic E-state index is 12.7. The number of carbonyl (C=O) groups excluding carboxylic acids is 1. The third-order valence-corrected chi connectivity index (χ3v) is 5.30. The summed E-state index contributed by atoms with van der Waals surface area (Å²) in [6.45, 7) is 14.9. The first-order valence-electron chi connectivity index (χ1n) is 10.8. The van der Waals surface area contributed by atoms with Crippen molar-refractivity contribution in [3.8, 4) is 17.2 Å². The predicted molar refractivity (Wildman–Crippen MR) is 129 cm³/mol. The van der Waals surface area contributed by atoms with Gasteiger partial charge in [0.05, 0.1) is 5.56 Å². The first-order chi connectivity index (χ1) is 14.9. The summed E-state index contributed by atoms with van der Waals surface area (Å²) in [4.78, 5) is 24.0. The van der Waals surface area contributed by atoms with Crippen molar-refractivity contribution in [3.63, 3.8) is 0 Å². The van der Waals surface area contributed by atoms with E-state index < -0.39 is 17.4 Å². The van der Waals surface area contributed by atoms with Gasteiger partial charge in [0, 0.05) is 17.2 Å². The molecule has 178 valence electrons. The van der Waals surface area contributed by atoms with Crippen LogP contribution in [0.25, 0.3) is 6.08 Å². The van der Waals surface area contributed by atoms with Gasteiger partial charge >= 0.3 is 5.97 Å². The van der Waals surface area contributed by atoms with E-state index in [4.69, 9.17) is 4.74 Å². The maximum Gasteiger partial charge on any atom is 0.347 e. The van der Waals surface area contributed by atoms with E-state index in [1.165, 1.54) is 38.1 Å². The van der Waals surface area contributed by atoms with Crippen molar-refractivity contribution in [3.05, 3.63) is 58.7 Å². The molecule has 0 fully saturated rings. The second-order valence-electron chi connectivity index (χ2n) is 10.8. The molecule has 0 aliphatic carbocycles. The Balaban J connectivity index is 2.38. The highest BCUT2D eigenvalue weighted by molar-refractivity contribution is 6.08. The lowest BCUT2D eigenvalue weighted by Gasteiger charge is -2.27. The Morgan fingerprint density at radius 2 is 1.36 bits per heavy atom. The summed E-state index contributed by atoms with van der Waals surface area (Å²) in [5.74, 6) is -1.47. The van der Waals surface area contributed by atoms with Crippen molar-refractivity contribution in [1.82, 2.24) is 0 Å². The molecule has 0 atom stereocenters. The van der Waals surface area contributed by atoms with Gasteiger partial charge in [-0.05, 0) is 60.6 Å². The normalized spacial score (nSPS) is 12.7. The van der Waals surface area contributed by atoms with Crippen LogP contribution >= 0.6 is 0 Å². The van der Waals surface area contributed by atoms with E-state index in [1.807, 2.05) is 53.7 Å². The summed E-state index contributed by atoms with van der Waals surface area (Å²) in [5, 5.41) is 30.3. The van der Waals surface area contributed by atoms with E-state index in [0.717, 1.165) is 16.7 Å². The summed E-state index contributed by atoms with van der Waals surface area (Å²) >= 11 is 0. The lowest BCUT2D eigenvalue weighted by molar-refractivity contribution is -0.152. The van der Waals surface area contributed by atoms with Crippen molar-refractivity contribution >= 4 is 17.8 Å². The molecule has 0 amide bonds. The molecular weight excluding hydrogens is 420 g/mol. The number of allylic oxidation sites excluding steroid dienone is 1. The van der Waals surface area contributed by atoms with Gasteiger partial charge in [0.1, 0.15) is 17.2 Å². The van der Waals surface area contributed by atoms with E-state index >= 15 is 0 Å². The third-order valence-electron chi connectivity index (χ3n) is 5.30. The van der Waals surface area contributed by atoms with Crippen LogP contribution < -0.4 is 4.74 Å². The van der Waals surface area contributed by atoms with E-state index in [-0.39, 0.29) is 33.6 Å². The molecule has 3 N–H and O–H groups in total. The van der Waals surface area contributed by atoms with E-state index in [0.29, 0.717) is 0 Å². The zero-order valence-corrected chi connectivity index (χ0v) is 20.6. The van der Waals surface area contributed by atoms with Crippen molar-refractivity contribution in [2.75, 3.05) is 0 Å². The lowest BCUT2D eigenvalue weighted by Crippen LogP contribution is -2.37. The Kier molecular flexibility index (Phi) is 7.03. The number of carbonyl (C=O) groups is 2. The Labute approximate surface area is 195 Å². The molecule has 2 aromatic carbocycles. The number of phenolic OH excluding ortho intramolecular Hbond substituents is 2. The molecule has 0 unspecified atom stereocenters. The quantitative estimate of drug-likeness (QED) is 0.375. The number of phenols is 2. The van der Waals surface area contributed by atoms with Gasteiger partial charge in [0.2, 0.25) is 0 Å². The molecule has 0 aliphatic heterocycles. The molecule has 6 heteroatoms. The maximum absolute atomic E-state index is 12.7. The third kappa shape index (κ3) is 6.15. The fraction of sp³-hybridized carbons (Fsp3) is 0.407. The molecule has 0 aromatic heterocycles. The predicted octanol–water partition coefficient (Wildman–Crippen LogP) is 5.83. The Hall–Kier alpha value is -3.28. The van der Waals surface area contributed by atoms with Crippen LogP contribution in [-0.2, 0) is 15.6 Å². The molecule has 2 aromatic rings. The second-order valence-corrected chi connectivity index (χ2v) is 10.8. The van der Waals surface area contributed by atoms with Gasteiger partial charge in [-0.1, -0.05) is 47.6 Å². The van der Waals surface area contributed by atoms with Crippen LogP contribution in [0.5, 0.6) is 17.2 Å². The van der Waals surface area contributed by atoms with Crippen LogP contribution in [0, 0.1) is 0 Å². The number of carboxylic acids is 1. The lowest BCUT2D eigenvalue weighted by atomic mass is 9.78. The van der Waals surface area contributed by atoms with Crippen molar-refractivity contribution in [1.29, 1.82) is 0 Å². The standard InChI is InChI=1S/C27H34O6/c1-25(2,3)19-13-16(14-20(23(19)30)26(4,5)6)9-12-21(28)18-11-10-17(15-22(18)29)33-27(7,8)24(31)32/h9-15,29-30H,1-8H3,(H,31,32)/b12-9+. The van der Waals surface area contributed by atoms with Crippen LogP contribution in [-0.4, -0.2) is 32.7 Å². The van der Waals surface area contributed by atoms with Crippen molar-refractivity contribution in [2.24, 2.45) is 0 Å². The monoisotopic (exact) mass is 454 g/mol. The fourth-order valence-corrected chi connectivity index (χ4v) is 3.28. The van der Waals surface area contributed by atoms with Gasteiger partial charge < -0.3 is 20.1 Å². The summed E-state index contributed by atoms with van der Waals surface area (Å²) in [6.07, 6.45) is 3.02. The molecular formula is C27H34O6. The van der Waals surface area contributed by atoms with Crippen LogP contribution in [0.15, 0.2) is 36.4 Å². The number of carboxylic acid groups (broad SMARTS) is 1. The number of hydrogen-bond acceptors (Lipinski definition) is 5. The zero-order chi connectivity index (χ0) is 25.4. The Morgan fingerprint density at radius 3 is 1.79 bits per heavy atom. The number of aromatic hydroxyl groups is 2. The van der Waals surface area contributed by atoms with Crippen LogP contribution in [0.1, 0.15) is 82.4 Å². The minimum atomic E-state index is -1.48. The van der Waals surface area contributed by atoms with Crippen LogP contribution in [0.3, 0.4) is 0 Å². The molecule has 2 rings (SSSR count). The first-order valence-corrected chi connectivity index (χ1v) is 10.8. The van der Waals surface area contributed by atoms with Gasteiger partial charge in [-0.25, -0.2) is 4.79 Å². The van der Waals surface area contributed by atoms with Crippen molar-refractivity contribution < 1.29 is 29.6 Å². The van der Waals surface area contributed by atoms with E-state index in [9.17, 15) is 24.9 Å². The largest absolute Gasteiger partial charge is 0.507 e. The molecule has 0 spiro atoms. The smallest absolute Gasteiger partial charge is 0.347 e. The highest BCUT2D eigenvalue weighted by Crippen LogP contribution is 2.40. The average Bonchev–Trinajstić information content (AvgIpc) is 2.64. The average molecular weight is 455 g/mol. The molecule has 33 heavy (non-hydrogen) atoms. The Morgan fingerprint density at radius 1 is 0.848 bits per heavy atom. The summed E-state index contributed by atoms with van der Waals surface area (Å²) < 4.78 is 5.40. The summed E-state index contributed by atoms with van der Waals surface area (Å²) in [5.41, 5.74) is 0.328. The number of ketones is 1. The SMILES string of the molecule is CC(C)(Oc1ccc(C(=O)/C=C/c2cc(C(C)(C)C)c(O)c(C(C)(C)C)c2)c(O)c1)C(=O)O. The van der Waals surface area contributed by atoms with E-state index in [1.54, 1.807) is 6.08 Å². The molecule has 0 bridgehead atoms. The Bertz CT molecular complexity index is 1060. The molecule has 0 saturated heterocycles. The minimum Gasteiger partial charge on any atom is -0.507 e. The van der Waals surface area contributed by atoms with Gasteiger partial charge in [-0.15, -0.1) is 0 Å². The summed E-state index contributed by atoms with van der Waals surface area (Å²) in [7, 11) is 0. The molecule has 6 nitrogen and oxygen atoms in total. The number of benzene rings is 2. The van der Waals surface area contributed by atoms with Gasteiger partial charge in [-0.2, -0.15) is 0 Å². The van der Waals surface area contributed by atoms with Crippen molar-refractivity contribution in [2.45, 2.75) is 71.8 Å². The molecule has 0 aliphatic rings. The number of ether oxygens (including phenoxy) is 1. The topological polar surface area (TPSA) is 104 Å². The number of rotatable bonds is 6. The highest BCUT2D eigenvalue weighted by atomic mass is 16.5. The van der Waals surface area contributed by atoms with Gasteiger partial charge in [0.25, 0.3) is 0 Å². The van der Waals surface area contributed by atoms with Crippen LogP contribution in [0.4, 0.5) is 0 Å². The molecule has 0 radical (unpaired) electrons. The summed E-state index contributed by atoms with van der Waals surface area (Å²) in [6, 6.07) is 7.79. The molecule has 0 heterocycles. The second kappa shape index (κ2) is 8.93. The van der Waals surface area contributed by atoms with Gasteiger partial charge in [-0.3, -0.25) is 4.79 Å². The first kappa shape index (κ1) is 26.0. The highest BCUT2D eigenvalue weighted by Gasteiger charge is 2.30. The van der Waals surface area contributed by atoms with E-state index in [2.05, 4.69) is 0 Å². The number of hydrogen-bond donors (Lipinski definition) is 3. The van der Waals surface area contributed by atoms with Crippen LogP contribution in [0.2, 0.25) is 0 Å².